The Hall–Kier alpha value is -2.22. The number of rotatable bonds is 5. The molecule has 0 aliphatic carbocycles. The van der Waals surface area contributed by atoms with Crippen LogP contribution in [0.5, 0.6) is 0 Å². The maximum Gasteiger partial charge on any atom is 0.326 e. The number of nitrogens with zero attached hydrogens (tertiary/aromatic N) is 1. The van der Waals surface area contributed by atoms with Gasteiger partial charge >= 0.3 is 5.97 Å². The van der Waals surface area contributed by atoms with E-state index in [4.69, 9.17) is 10.2 Å². The molecule has 0 fully saturated rings. The normalized spacial score (nSPS) is 11.9. The molecule has 104 valence electrons. The molecule has 0 saturated carbocycles. The maximum absolute atomic E-state index is 11.9. The Morgan fingerprint density at radius 1 is 1.42 bits per heavy atom. The largest absolute Gasteiger partial charge is 0.480 e. The first-order chi connectivity index (χ1) is 8.88. The quantitative estimate of drug-likeness (QED) is 0.539. The summed E-state index contributed by atoms with van der Waals surface area (Å²) in [6, 6.07) is -1.25. The minimum absolute atomic E-state index is 0.137. The van der Waals surface area contributed by atoms with Crippen LogP contribution < -0.4 is 10.9 Å². The molecule has 4 N–H and O–H groups in total. The second-order valence-electron chi connectivity index (χ2n) is 4.01. The number of aliphatic hydroxyl groups excluding tert-OH is 1. The molecule has 0 radical (unpaired) electrons. The van der Waals surface area contributed by atoms with Gasteiger partial charge in [0.25, 0.3) is 11.5 Å². The van der Waals surface area contributed by atoms with Crippen molar-refractivity contribution in [2.75, 3.05) is 6.61 Å². The van der Waals surface area contributed by atoms with Crippen molar-refractivity contribution in [1.82, 2.24) is 15.5 Å². The van der Waals surface area contributed by atoms with Gasteiger partial charge in [-0.3, -0.25) is 9.59 Å². The Bertz CT molecular complexity index is 552. The third kappa shape index (κ3) is 3.38. The number of aliphatic hydroxyl groups is 1. The number of hydrogen-bond acceptors (Lipinski definition) is 5. The van der Waals surface area contributed by atoms with Crippen LogP contribution in [0.3, 0.4) is 0 Å². The molecule has 0 aromatic carbocycles. The first-order valence-corrected chi connectivity index (χ1v) is 5.59. The van der Waals surface area contributed by atoms with Crippen LogP contribution in [0.25, 0.3) is 0 Å². The fraction of sp³-hybridized carbons (Fsp3) is 0.455. The molecule has 0 aliphatic heterocycles. The van der Waals surface area contributed by atoms with Gasteiger partial charge in [0.05, 0.1) is 5.69 Å². The predicted octanol–water partition coefficient (Wildman–Crippen LogP) is -1.05. The lowest BCUT2D eigenvalue weighted by Crippen LogP contribution is -2.43. The van der Waals surface area contributed by atoms with Crippen LogP contribution in [0, 0.1) is 13.8 Å². The minimum Gasteiger partial charge on any atom is -0.480 e. The predicted molar refractivity (Wildman–Crippen MR) is 64.9 cm³/mol. The van der Waals surface area contributed by atoms with Crippen molar-refractivity contribution in [3.63, 3.8) is 0 Å². The first kappa shape index (κ1) is 14.8. The van der Waals surface area contributed by atoms with E-state index < -0.39 is 23.5 Å². The summed E-state index contributed by atoms with van der Waals surface area (Å²) in [7, 11) is 0. The molecule has 1 atom stereocenters. The number of aliphatic carboxylic acids is 1. The molecular weight excluding hydrogens is 254 g/mol. The zero-order chi connectivity index (χ0) is 14.6. The second-order valence-corrected chi connectivity index (χ2v) is 4.01. The highest BCUT2D eigenvalue weighted by Gasteiger charge is 2.23. The molecule has 1 unspecified atom stereocenters. The average molecular weight is 269 g/mol. The lowest BCUT2D eigenvalue weighted by atomic mass is 10.1. The smallest absolute Gasteiger partial charge is 0.326 e. The average Bonchev–Trinajstić information content (AvgIpc) is 2.33. The summed E-state index contributed by atoms with van der Waals surface area (Å²) in [6.45, 7) is 2.78. The van der Waals surface area contributed by atoms with E-state index in [2.05, 4.69) is 15.5 Å². The van der Waals surface area contributed by atoms with Crippen molar-refractivity contribution in [2.45, 2.75) is 26.3 Å². The molecule has 1 heterocycles. The highest BCUT2D eigenvalue weighted by molar-refractivity contribution is 5.97. The number of carboxylic acid groups (broad SMARTS) is 1. The Balaban J connectivity index is 3.04. The van der Waals surface area contributed by atoms with Crippen LogP contribution in [0.2, 0.25) is 0 Å². The van der Waals surface area contributed by atoms with Gasteiger partial charge in [0, 0.05) is 13.0 Å². The van der Waals surface area contributed by atoms with Gasteiger partial charge in [-0.15, -0.1) is 0 Å². The number of amides is 1. The fourth-order valence-corrected chi connectivity index (χ4v) is 1.52. The molecule has 0 spiro atoms. The molecule has 1 aromatic rings. The van der Waals surface area contributed by atoms with Crippen LogP contribution in [-0.2, 0) is 4.79 Å². The molecular formula is C11H15N3O5. The number of carboxylic acids is 1. The number of carbonyl (C=O) groups is 2. The lowest BCUT2D eigenvalue weighted by molar-refractivity contribution is -0.139. The Morgan fingerprint density at radius 2 is 2.05 bits per heavy atom. The van der Waals surface area contributed by atoms with Gasteiger partial charge in [0.1, 0.15) is 11.6 Å². The number of nitrogens with one attached hydrogen (secondary N) is 2. The molecule has 1 rings (SSSR count). The van der Waals surface area contributed by atoms with E-state index >= 15 is 0 Å². The van der Waals surface area contributed by atoms with Crippen molar-refractivity contribution in [3.8, 4) is 0 Å². The van der Waals surface area contributed by atoms with E-state index in [1.54, 1.807) is 13.8 Å². The van der Waals surface area contributed by atoms with Gasteiger partial charge in [-0.05, 0) is 19.4 Å². The van der Waals surface area contributed by atoms with Crippen LogP contribution in [0.1, 0.15) is 28.0 Å². The monoisotopic (exact) mass is 269 g/mol. The fourth-order valence-electron chi connectivity index (χ4n) is 1.52. The molecule has 1 aromatic heterocycles. The number of carbonyl (C=O) groups excluding carboxylic acids is 1. The van der Waals surface area contributed by atoms with Crippen LogP contribution in [-0.4, -0.2) is 44.9 Å². The second kappa shape index (κ2) is 6.10. The van der Waals surface area contributed by atoms with Gasteiger partial charge < -0.3 is 15.5 Å². The first-order valence-electron chi connectivity index (χ1n) is 5.59. The Morgan fingerprint density at radius 3 is 2.58 bits per heavy atom. The summed E-state index contributed by atoms with van der Waals surface area (Å²) < 4.78 is 0. The summed E-state index contributed by atoms with van der Waals surface area (Å²) in [5, 5.41) is 25.7. The zero-order valence-electron chi connectivity index (χ0n) is 10.6. The number of aromatic nitrogens is 2. The van der Waals surface area contributed by atoms with Gasteiger partial charge in [-0.1, -0.05) is 0 Å². The van der Waals surface area contributed by atoms with Crippen molar-refractivity contribution < 1.29 is 19.8 Å². The summed E-state index contributed by atoms with van der Waals surface area (Å²) in [5.41, 5.74) is -0.00130. The van der Waals surface area contributed by atoms with E-state index in [1.165, 1.54) is 0 Å². The van der Waals surface area contributed by atoms with Crippen LogP contribution in [0.15, 0.2) is 4.79 Å². The SMILES string of the molecule is Cc1n[nH]c(=O)c(C(=O)NC(CCO)C(=O)O)c1C. The Labute approximate surface area is 108 Å². The summed E-state index contributed by atoms with van der Waals surface area (Å²) in [4.78, 5) is 34.4. The van der Waals surface area contributed by atoms with E-state index in [0.29, 0.717) is 11.3 Å². The maximum atomic E-state index is 11.9. The third-order valence-corrected chi connectivity index (χ3v) is 2.72. The molecule has 0 bridgehead atoms. The highest BCUT2D eigenvalue weighted by Crippen LogP contribution is 2.05. The summed E-state index contributed by atoms with van der Waals surface area (Å²) in [6.07, 6.45) is -0.137. The molecule has 8 heteroatoms. The molecule has 1 amide bonds. The van der Waals surface area contributed by atoms with Crippen molar-refractivity contribution >= 4 is 11.9 Å². The summed E-state index contributed by atoms with van der Waals surface area (Å²) in [5.74, 6) is -2.08. The van der Waals surface area contributed by atoms with E-state index in [9.17, 15) is 14.4 Å². The highest BCUT2D eigenvalue weighted by atomic mass is 16.4. The van der Waals surface area contributed by atoms with E-state index in [-0.39, 0.29) is 18.6 Å². The Kier molecular flexibility index (Phi) is 4.76. The third-order valence-electron chi connectivity index (χ3n) is 2.72. The number of aromatic amines is 1. The van der Waals surface area contributed by atoms with Crippen molar-refractivity contribution in [2.24, 2.45) is 0 Å². The topological polar surface area (TPSA) is 132 Å². The molecule has 0 aliphatic rings. The number of hydrogen-bond donors (Lipinski definition) is 4. The van der Waals surface area contributed by atoms with Crippen LogP contribution in [0.4, 0.5) is 0 Å². The molecule has 19 heavy (non-hydrogen) atoms. The van der Waals surface area contributed by atoms with Gasteiger partial charge in [0.15, 0.2) is 0 Å². The molecule has 0 saturated heterocycles. The van der Waals surface area contributed by atoms with Gasteiger partial charge in [-0.2, -0.15) is 5.10 Å². The zero-order valence-corrected chi connectivity index (χ0v) is 10.6. The lowest BCUT2D eigenvalue weighted by Gasteiger charge is -2.14. The molecule has 8 nitrogen and oxygen atoms in total. The van der Waals surface area contributed by atoms with Crippen molar-refractivity contribution in [1.29, 1.82) is 0 Å². The van der Waals surface area contributed by atoms with Crippen LogP contribution >= 0.6 is 0 Å². The standard InChI is InChI=1S/C11H15N3O5/c1-5-6(2)13-14-10(17)8(5)9(16)12-7(3-4-15)11(18)19/h7,15H,3-4H2,1-2H3,(H,12,16)(H,14,17)(H,18,19). The van der Waals surface area contributed by atoms with E-state index in [0.717, 1.165) is 0 Å². The van der Waals surface area contributed by atoms with Crippen molar-refractivity contribution in [3.05, 3.63) is 27.2 Å². The number of H-pyrrole nitrogens is 1. The minimum atomic E-state index is -1.28. The summed E-state index contributed by atoms with van der Waals surface area (Å²) >= 11 is 0. The van der Waals surface area contributed by atoms with E-state index in [1.807, 2.05) is 0 Å². The van der Waals surface area contributed by atoms with Gasteiger partial charge in [-0.25, -0.2) is 9.89 Å². The van der Waals surface area contributed by atoms with Gasteiger partial charge in [0.2, 0.25) is 0 Å². The number of aryl methyl sites for hydroxylation is 1.